The highest BCUT2D eigenvalue weighted by atomic mass is 16.4. The summed E-state index contributed by atoms with van der Waals surface area (Å²) in [6, 6.07) is 0. The maximum Gasteiger partial charge on any atom is 0.337 e. The van der Waals surface area contributed by atoms with Crippen molar-refractivity contribution in [2.45, 2.75) is 39.7 Å². The van der Waals surface area contributed by atoms with Crippen molar-refractivity contribution in [3.63, 3.8) is 0 Å². The quantitative estimate of drug-likeness (QED) is 0.859. The second-order valence-corrected chi connectivity index (χ2v) is 4.77. The van der Waals surface area contributed by atoms with Gasteiger partial charge >= 0.3 is 11.7 Å². The molecule has 112 valence electrons. The summed E-state index contributed by atoms with van der Waals surface area (Å²) in [7, 11) is 0. The van der Waals surface area contributed by atoms with Gasteiger partial charge in [-0.15, -0.1) is 0 Å². The summed E-state index contributed by atoms with van der Waals surface area (Å²) in [5.41, 5.74) is -0.456. The molecule has 2 rings (SSSR count). The van der Waals surface area contributed by atoms with Crippen molar-refractivity contribution < 1.29 is 9.90 Å². The molecule has 2 N–H and O–H groups in total. The third kappa shape index (κ3) is 2.58. The monoisotopic (exact) mass is 291 g/mol. The molecule has 0 amide bonds. The van der Waals surface area contributed by atoms with Crippen molar-refractivity contribution >= 4 is 17.0 Å². The number of carboxylic acid groups (broad SMARTS) is 1. The lowest BCUT2D eigenvalue weighted by molar-refractivity contribution is 0.0695. The van der Waals surface area contributed by atoms with Crippen molar-refractivity contribution in [3.8, 4) is 0 Å². The molecule has 21 heavy (non-hydrogen) atoms. The first kappa shape index (κ1) is 15.0. The van der Waals surface area contributed by atoms with Crippen molar-refractivity contribution in [2.75, 3.05) is 0 Å². The standard InChI is InChI=1S/C14H17N3O4/c1-3-5-6-17-11-10(12(18)16-14(17)21)8(4-2)9(7-15-11)13(19)20/h7H,3-6H2,1-2H3,(H,19,20)(H,16,18,21). The van der Waals surface area contributed by atoms with E-state index in [4.69, 9.17) is 0 Å². The van der Waals surface area contributed by atoms with Gasteiger partial charge in [0.15, 0.2) is 0 Å². The van der Waals surface area contributed by atoms with Gasteiger partial charge in [0.2, 0.25) is 0 Å². The fraction of sp³-hybridized carbons (Fsp3) is 0.429. The number of rotatable bonds is 5. The maximum atomic E-state index is 12.1. The highest BCUT2D eigenvalue weighted by Crippen LogP contribution is 2.17. The number of aryl methyl sites for hydroxylation is 2. The highest BCUT2D eigenvalue weighted by Gasteiger charge is 2.18. The second-order valence-electron chi connectivity index (χ2n) is 4.77. The number of nitrogens with one attached hydrogen (secondary N) is 1. The average molecular weight is 291 g/mol. The van der Waals surface area contributed by atoms with Crippen LogP contribution in [0.25, 0.3) is 11.0 Å². The molecule has 0 bridgehead atoms. The molecule has 2 aromatic heterocycles. The van der Waals surface area contributed by atoms with Crippen molar-refractivity contribution in [2.24, 2.45) is 0 Å². The normalized spacial score (nSPS) is 11.0. The molecule has 0 saturated carbocycles. The molecule has 2 heterocycles. The summed E-state index contributed by atoms with van der Waals surface area (Å²) in [6.07, 6.45) is 3.24. The van der Waals surface area contributed by atoms with Gasteiger partial charge < -0.3 is 5.11 Å². The molecule has 7 heteroatoms. The van der Waals surface area contributed by atoms with Gasteiger partial charge in [0.05, 0.1) is 10.9 Å². The third-order valence-corrected chi connectivity index (χ3v) is 3.43. The summed E-state index contributed by atoms with van der Waals surface area (Å²) >= 11 is 0. The molecule has 0 unspecified atom stereocenters. The van der Waals surface area contributed by atoms with E-state index >= 15 is 0 Å². The van der Waals surface area contributed by atoms with Crippen LogP contribution in [0.1, 0.15) is 42.6 Å². The first-order valence-corrected chi connectivity index (χ1v) is 6.89. The molecule has 0 atom stereocenters. The van der Waals surface area contributed by atoms with Gasteiger partial charge in [0, 0.05) is 12.7 Å². The van der Waals surface area contributed by atoms with Crippen LogP contribution in [0.3, 0.4) is 0 Å². The largest absolute Gasteiger partial charge is 0.478 e. The molecule has 0 radical (unpaired) electrons. The lowest BCUT2D eigenvalue weighted by atomic mass is 10.0. The number of aromatic amines is 1. The van der Waals surface area contributed by atoms with Gasteiger partial charge in [0.25, 0.3) is 5.56 Å². The van der Waals surface area contributed by atoms with Crippen LogP contribution in [0, 0.1) is 0 Å². The molecular formula is C14H17N3O4. The highest BCUT2D eigenvalue weighted by molar-refractivity contribution is 5.94. The summed E-state index contributed by atoms with van der Waals surface area (Å²) < 4.78 is 1.39. The van der Waals surface area contributed by atoms with Gasteiger partial charge in [-0.1, -0.05) is 20.3 Å². The number of carbonyl (C=O) groups is 1. The van der Waals surface area contributed by atoms with Crippen LogP contribution in [0.15, 0.2) is 15.8 Å². The third-order valence-electron chi connectivity index (χ3n) is 3.43. The van der Waals surface area contributed by atoms with E-state index in [1.807, 2.05) is 6.92 Å². The number of carboxylic acids is 1. The Kier molecular flexibility index (Phi) is 4.21. The summed E-state index contributed by atoms with van der Waals surface area (Å²) in [6.45, 7) is 4.19. The Bertz CT molecular complexity index is 804. The molecule has 2 aromatic rings. The van der Waals surface area contributed by atoms with E-state index in [-0.39, 0.29) is 16.6 Å². The number of H-pyrrole nitrogens is 1. The SMILES string of the molecule is CCCCn1c(=O)[nH]c(=O)c2c(CC)c(C(=O)O)cnc21. The van der Waals surface area contributed by atoms with E-state index in [1.54, 1.807) is 6.92 Å². The molecule has 0 aliphatic heterocycles. The van der Waals surface area contributed by atoms with Crippen LogP contribution in [0.5, 0.6) is 0 Å². The molecule has 0 aromatic carbocycles. The number of nitrogens with zero attached hydrogens (tertiary/aromatic N) is 2. The Morgan fingerprint density at radius 2 is 2.10 bits per heavy atom. The molecule has 0 aliphatic rings. The van der Waals surface area contributed by atoms with E-state index in [1.165, 1.54) is 10.8 Å². The van der Waals surface area contributed by atoms with E-state index in [0.29, 0.717) is 18.5 Å². The first-order valence-electron chi connectivity index (χ1n) is 6.89. The van der Waals surface area contributed by atoms with Gasteiger partial charge in [-0.25, -0.2) is 14.6 Å². The van der Waals surface area contributed by atoms with Gasteiger partial charge in [-0.3, -0.25) is 14.3 Å². The Labute approximate surface area is 120 Å². The van der Waals surface area contributed by atoms with Crippen LogP contribution in [0.2, 0.25) is 0 Å². The molecule has 0 fully saturated rings. The Morgan fingerprint density at radius 3 is 2.67 bits per heavy atom. The van der Waals surface area contributed by atoms with Crippen LogP contribution < -0.4 is 11.2 Å². The predicted molar refractivity (Wildman–Crippen MR) is 77.9 cm³/mol. The minimum Gasteiger partial charge on any atom is -0.478 e. The van der Waals surface area contributed by atoms with Gasteiger partial charge in [0.1, 0.15) is 5.65 Å². The summed E-state index contributed by atoms with van der Waals surface area (Å²) in [4.78, 5) is 41.5. The topological polar surface area (TPSA) is 105 Å². The summed E-state index contributed by atoms with van der Waals surface area (Å²) in [5.74, 6) is -1.13. The lowest BCUT2D eigenvalue weighted by Gasteiger charge is -2.11. The van der Waals surface area contributed by atoms with Gasteiger partial charge in [-0.2, -0.15) is 0 Å². The zero-order valence-electron chi connectivity index (χ0n) is 12.0. The van der Waals surface area contributed by atoms with Crippen LogP contribution >= 0.6 is 0 Å². The van der Waals surface area contributed by atoms with Crippen LogP contribution in [-0.2, 0) is 13.0 Å². The lowest BCUT2D eigenvalue weighted by Crippen LogP contribution is -2.32. The number of fused-ring (bicyclic) bond motifs is 1. The smallest absolute Gasteiger partial charge is 0.337 e. The number of aromatic nitrogens is 3. The molecule has 0 saturated heterocycles. The van der Waals surface area contributed by atoms with Crippen LogP contribution in [-0.4, -0.2) is 25.6 Å². The zero-order valence-corrected chi connectivity index (χ0v) is 12.0. The van der Waals surface area contributed by atoms with Crippen molar-refractivity contribution in [1.29, 1.82) is 0 Å². The molecule has 0 aliphatic carbocycles. The van der Waals surface area contributed by atoms with E-state index in [9.17, 15) is 19.5 Å². The zero-order chi connectivity index (χ0) is 15.6. The van der Waals surface area contributed by atoms with E-state index in [2.05, 4.69) is 9.97 Å². The maximum absolute atomic E-state index is 12.1. The van der Waals surface area contributed by atoms with E-state index in [0.717, 1.165) is 12.8 Å². The second kappa shape index (κ2) is 5.90. The van der Waals surface area contributed by atoms with Gasteiger partial charge in [-0.05, 0) is 18.4 Å². The summed E-state index contributed by atoms with van der Waals surface area (Å²) in [5, 5.41) is 9.38. The molecule has 0 spiro atoms. The Morgan fingerprint density at radius 1 is 1.38 bits per heavy atom. The van der Waals surface area contributed by atoms with Crippen molar-refractivity contribution in [1.82, 2.24) is 14.5 Å². The predicted octanol–water partition coefficient (Wildman–Crippen LogP) is 1.15. The number of unbranched alkanes of at least 4 members (excludes halogenated alkanes) is 1. The number of hydrogen-bond acceptors (Lipinski definition) is 4. The first-order chi connectivity index (χ1) is 10.0. The fourth-order valence-corrected chi connectivity index (χ4v) is 2.38. The van der Waals surface area contributed by atoms with Crippen LogP contribution in [0.4, 0.5) is 0 Å². The number of pyridine rings is 1. The Hall–Kier alpha value is -2.44. The number of hydrogen-bond donors (Lipinski definition) is 2. The fourth-order valence-electron chi connectivity index (χ4n) is 2.38. The van der Waals surface area contributed by atoms with E-state index < -0.39 is 17.2 Å². The minimum absolute atomic E-state index is 0.00353. The number of aromatic carboxylic acids is 1. The minimum atomic E-state index is -1.13. The Balaban J connectivity index is 2.88. The molecule has 7 nitrogen and oxygen atoms in total. The average Bonchev–Trinajstić information content (AvgIpc) is 2.45. The molecular weight excluding hydrogens is 274 g/mol. The van der Waals surface area contributed by atoms with Crippen molar-refractivity contribution in [3.05, 3.63) is 38.2 Å².